The van der Waals surface area contributed by atoms with Gasteiger partial charge >= 0.3 is 0 Å². The average molecular weight is 340 g/mol. The Kier molecular flexibility index (Phi) is 5.27. The summed E-state index contributed by atoms with van der Waals surface area (Å²) in [5.74, 6) is 0.611. The van der Waals surface area contributed by atoms with E-state index in [9.17, 15) is 0 Å². The van der Waals surface area contributed by atoms with Gasteiger partial charge in [-0.3, -0.25) is 0 Å². The SMILES string of the molecule is CC(C)COC1CC(NCc2cccc(Br)c2)C1(C)C. The zero-order valence-electron chi connectivity index (χ0n) is 12.9. The molecule has 1 fully saturated rings. The van der Waals surface area contributed by atoms with Crippen LogP contribution < -0.4 is 5.32 Å². The van der Waals surface area contributed by atoms with Crippen LogP contribution in [0.2, 0.25) is 0 Å². The highest BCUT2D eigenvalue weighted by molar-refractivity contribution is 9.10. The summed E-state index contributed by atoms with van der Waals surface area (Å²) in [6, 6.07) is 9.02. The maximum Gasteiger partial charge on any atom is 0.0656 e. The van der Waals surface area contributed by atoms with Gasteiger partial charge in [-0.25, -0.2) is 0 Å². The van der Waals surface area contributed by atoms with E-state index in [1.165, 1.54) is 5.56 Å². The van der Waals surface area contributed by atoms with Crippen molar-refractivity contribution in [2.75, 3.05) is 6.61 Å². The van der Waals surface area contributed by atoms with E-state index in [0.717, 1.165) is 24.0 Å². The Morgan fingerprint density at radius 1 is 1.40 bits per heavy atom. The highest BCUT2D eigenvalue weighted by Gasteiger charge is 2.48. The molecule has 2 unspecified atom stereocenters. The van der Waals surface area contributed by atoms with Gasteiger partial charge in [0.25, 0.3) is 0 Å². The molecule has 1 aromatic rings. The first-order valence-electron chi connectivity index (χ1n) is 7.49. The maximum atomic E-state index is 6.01. The number of benzene rings is 1. The Labute approximate surface area is 131 Å². The van der Waals surface area contributed by atoms with Crippen LogP contribution in [-0.4, -0.2) is 18.8 Å². The maximum absolute atomic E-state index is 6.01. The Bertz CT molecular complexity index is 444. The molecule has 0 heterocycles. The van der Waals surface area contributed by atoms with Crippen molar-refractivity contribution in [2.24, 2.45) is 11.3 Å². The third-order valence-electron chi connectivity index (χ3n) is 4.25. The molecule has 1 aliphatic carbocycles. The fourth-order valence-corrected chi connectivity index (χ4v) is 3.16. The van der Waals surface area contributed by atoms with Crippen molar-refractivity contribution in [3.8, 4) is 0 Å². The quantitative estimate of drug-likeness (QED) is 0.830. The molecule has 2 atom stereocenters. The minimum Gasteiger partial charge on any atom is -0.377 e. The van der Waals surface area contributed by atoms with Gasteiger partial charge in [-0.15, -0.1) is 0 Å². The first kappa shape index (κ1) is 16.0. The minimum atomic E-state index is 0.223. The number of nitrogens with one attached hydrogen (secondary N) is 1. The van der Waals surface area contributed by atoms with Gasteiger partial charge in [0, 0.05) is 29.1 Å². The number of rotatable bonds is 6. The molecule has 0 aliphatic heterocycles. The molecule has 1 aliphatic rings. The second-order valence-electron chi connectivity index (χ2n) is 6.84. The van der Waals surface area contributed by atoms with Crippen molar-refractivity contribution in [3.63, 3.8) is 0 Å². The lowest BCUT2D eigenvalue weighted by atomic mass is 9.64. The minimum absolute atomic E-state index is 0.223. The monoisotopic (exact) mass is 339 g/mol. The van der Waals surface area contributed by atoms with E-state index in [1.807, 2.05) is 0 Å². The predicted octanol–water partition coefficient (Wildman–Crippen LogP) is 4.38. The molecule has 1 N–H and O–H groups in total. The fraction of sp³-hybridized carbons (Fsp3) is 0.647. The van der Waals surface area contributed by atoms with Crippen LogP contribution in [0.1, 0.15) is 39.7 Å². The highest BCUT2D eigenvalue weighted by atomic mass is 79.9. The van der Waals surface area contributed by atoms with E-state index >= 15 is 0 Å². The van der Waals surface area contributed by atoms with Crippen molar-refractivity contribution in [2.45, 2.75) is 52.8 Å². The number of halogens is 1. The molecule has 0 radical (unpaired) electrons. The summed E-state index contributed by atoms with van der Waals surface area (Å²) in [6.07, 6.45) is 1.51. The topological polar surface area (TPSA) is 21.3 Å². The molecule has 0 bridgehead atoms. The fourth-order valence-electron chi connectivity index (χ4n) is 2.71. The van der Waals surface area contributed by atoms with Crippen LogP contribution in [0.5, 0.6) is 0 Å². The molecular formula is C17H26BrNO. The Morgan fingerprint density at radius 2 is 2.15 bits per heavy atom. The lowest BCUT2D eigenvalue weighted by Crippen LogP contribution is -2.60. The van der Waals surface area contributed by atoms with E-state index in [0.29, 0.717) is 18.1 Å². The highest BCUT2D eigenvalue weighted by Crippen LogP contribution is 2.43. The molecule has 3 heteroatoms. The lowest BCUT2D eigenvalue weighted by Gasteiger charge is -2.52. The zero-order chi connectivity index (χ0) is 14.8. The first-order valence-corrected chi connectivity index (χ1v) is 8.28. The van der Waals surface area contributed by atoms with E-state index < -0.39 is 0 Å². The van der Waals surface area contributed by atoms with Crippen LogP contribution in [0.25, 0.3) is 0 Å². The van der Waals surface area contributed by atoms with Crippen LogP contribution in [0, 0.1) is 11.3 Å². The Morgan fingerprint density at radius 3 is 2.75 bits per heavy atom. The number of ether oxygens (including phenoxy) is 1. The molecule has 0 amide bonds. The molecule has 20 heavy (non-hydrogen) atoms. The molecule has 1 saturated carbocycles. The van der Waals surface area contributed by atoms with Crippen molar-refractivity contribution in [1.82, 2.24) is 5.32 Å². The average Bonchev–Trinajstić information content (AvgIpc) is 2.36. The van der Waals surface area contributed by atoms with Crippen molar-refractivity contribution >= 4 is 15.9 Å². The number of hydrogen-bond donors (Lipinski definition) is 1. The molecule has 2 rings (SSSR count). The van der Waals surface area contributed by atoms with Gasteiger partial charge in [-0.05, 0) is 30.0 Å². The Hall–Kier alpha value is -0.380. The summed E-state index contributed by atoms with van der Waals surface area (Å²) >= 11 is 3.52. The van der Waals surface area contributed by atoms with Crippen LogP contribution in [0.3, 0.4) is 0 Å². The Balaban J connectivity index is 1.81. The van der Waals surface area contributed by atoms with Gasteiger partial charge in [0.05, 0.1) is 6.10 Å². The summed E-state index contributed by atoms with van der Waals surface area (Å²) < 4.78 is 7.15. The van der Waals surface area contributed by atoms with Gasteiger partial charge in [-0.2, -0.15) is 0 Å². The van der Waals surface area contributed by atoms with Crippen molar-refractivity contribution < 1.29 is 4.74 Å². The zero-order valence-corrected chi connectivity index (χ0v) is 14.5. The third kappa shape index (κ3) is 3.84. The van der Waals surface area contributed by atoms with Gasteiger partial charge in [-0.1, -0.05) is 55.8 Å². The summed E-state index contributed by atoms with van der Waals surface area (Å²) in [6.45, 7) is 10.8. The summed E-state index contributed by atoms with van der Waals surface area (Å²) in [7, 11) is 0. The molecule has 2 nitrogen and oxygen atoms in total. The molecular weight excluding hydrogens is 314 g/mol. The molecule has 1 aromatic carbocycles. The van der Waals surface area contributed by atoms with Crippen LogP contribution in [0.15, 0.2) is 28.7 Å². The molecule has 0 aromatic heterocycles. The van der Waals surface area contributed by atoms with Gasteiger partial charge in [0.1, 0.15) is 0 Å². The molecule has 0 saturated heterocycles. The predicted molar refractivity (Wildman–Crippen MR) is 87.7 cm³/mol. The second-order valence-corrected chi connectivity index (χ2v) is 7.75. The summed E-state index contributed by atoms with van der Waals surface area (Å²) in [5.41, 5.74) is 1.54. The molecule has 0 spiro atoms. The van der Waals surface area contributed by atoms with Gasteiger partial charge < -0.3 is 10.1 Å². The van der Waals surface area contributed by atoms with Crippen molar-refractivity contribution in [1.29, 1.82) is 0 Å². The third-order valence-corrected chi connectivity index (χ3v) is 4.74. The largest absolute Gasteiger partial charge is 0.377 e. The molecule has 112 valence electrons. The van der Waals surface area contributed by atoms with Crippen LogP contribution >= 0.6 is 15.9 Å². The van der Waals surface area contributed by atoms with Gasteiger partial charge in [0.2, 0.25) is 0 Å². The van der Waals surface area contributed by atoms with Crippen LogP contribution in [0.4, 0.5) is 0 Å². The van der Waals surface area contributed by atoms with E-state index in [4.69, 9.17) is 4.74 Å². The standard InChI is InChI=1S/C17H26BrNO/c1-12(2)11-20-16-9-15(17(16,3)4)19-10-13-6-5-7-14(18)8-13/h5-8,12,15-16,19H,9-11H2,1-4H3. The summed E-state index contributed by atoms with van der Waals surface area (Å²) in [5, 5.41) is 3.67. The second kappa shape index (κ2) is 6.59. The van der Waals surface area contributed by atoms with E-state index in [2.05, 4.69) is 73.2 Å². The smallest absolute Gasteiger partial charge is 0.0656 e. The van der Waals surface area contributed by atoms with E-state index in [1.54, 1.807) is 0 Å². The van der Waals surface area contributed by atoms with Crippen molar-refractivity contribution in [3.05, 3.63) is 34.3 Å². The first-order chi connectivity index (χ1) is 9.39. The number of hydrogen-bond acceptors (Lipinski definition) is 2. The lowest BCUT2D eigenvalue weighted by molar-refractivity contribution is -0.124. The van der Waals surface area contributed by atoms with Gasteiger partial charge in [0.15, 0.2) is 0 Å². The summed E-state index contributed by atoms with van der Waals surface area (Å²) in [4.78, 5) is 0. The van der Waals surface area contributed by atoms with Crippen LogP contribution in [-0.2, 0) is 11.3 Å². The normalized spacial score (nSPS) is 24.7. The van der Waals surface area contributed by atoms with E-state index in [-0.39, 0.29) is 5.41 Å².